The number of urea groups is 1. The molecular formula is C27H25F2N3O3. The molecule has 0 fully saturated rings. The molecule has 0 saturated carbocycles. The summed E-state index contributed by atoms with van der Waals surface area (Å²) in [4.78, 5) is 29.4. The molecule has 3 aromatic carbocycles. The maximum atomic E-state index is 13.5. The lowest BCUT2D eigenvalue weighted by Gasteiger charge is -2.34. The molecule has 3 amide bonds. The molecule has 1 aliphatic heterocycles. The van der Waals surface area contributed by atoms with Crippen LogP contribution in [-0.2, 0) is 11.3 Å². The van der Waals surface area contributed by atoms with E-state index < -0.39 is 11.8 Å². The van der Waals surface area contributed by atoms with E-state index in [0.29, 0.717) is 11.4 Å². The molecular weight excluding hydrogens is 452 g/mol. The van der Waals surface area contributed by atoms with E-state index in [1.54, 1.807) is 24.1 Å². The standard InChI is InChI=1S/C27H25F2N3O3/c1-35-24-14-6-20(7-15-24)25-3-2-16-31(27(34)30-23-12-10-22(29)11-13-23)18-26(33)32(25)17-19-4-8-21(28)9-5-19/h2-15,25H,16-18H2,1H3,(H,30,34)/b3-2-. The number of amides is 3. The second kappa shape index (κ2) is 10.8. The van der Waals surface area contributed by atoms with Crippen molar-refractivity contribution in [2.24, 2.45) is 0 Å². The van der Waals surface area contributed by atoms with Crippen LogP contribution in [0.25, 0.3) is 0 Å². The molecule has 1 unspecified atom stereocenters. The van der Waals surface area contributed by atoms with Gasteiger partial charge in [-0.2, -0.15) is 0 Å². The van der Waals surface area contributed by atoms with Crippen LogP contribution in [0.15, 0.2) is 84.9 Å². The third-order valence-corrected chi connectivity index (χ3v) is 5.73. The van der Waals surface area contributed by atoms with Crippen LogP contribution in [0.4, 0.5) is 19.3 Å². The first-order chi connectivity index (χ1) is 16.9. The highest BCUT2D eigenvalue weighted by Crippen LogP contribution is 2.28. The number of halogens is 2. The van der Waals surface area contributed by atoms with Crippen LogP contribution in [0.1, 0.15) is 17.2 Å². The van der Waals surface area contributed by atoms with Crippen molar-refractivity contribution in [3.8, 4) is 5.75 Å². The van der Waals surface area contributed by atoms with Gasteiger partial charge in [0.1, 0.15) is 23.9 Å². The number of carbonyl (C=O) groups is 2. The average Bonchev–Trinajstić information content (AvgIpc) is 2.86. The Hall–Kier alpha value is -4.20. The summed E-state index contributed by atoms with van der Waals surface area (Å²) in [7, 11) is 1.58. The lowest BCUT2D eigenvalue weighted by molar-refractivity contribution is -0.134. The highest BCUT2D eigenvalue weighted by molar-refractivity contribution is 5.92. The van der Waals surface area contributed by atoms with E-state index in [-0.39, 0.29) is 37.4 Å². The third kappa shape index (κ3) is 6.03. The lowest BCUT2D eigenvalue weighted by atomic mass is 10.0. The number of nitrogens with one attached hydrogen (secondary N) is 1. The smallest absolute Gasteiger partial charge is 0.322 e. The summed E-state index contributed by atoms with van der Waals surface area (Å²) in [6, 6.07) is 17.9. The Kier molecular flexibility index (Phi) is 7.40. The Labute approximate surface area is 202 Å². The number of ether oxygens (including phenoxy) is 1. The highest BCUT2D eigenvalue weighted by Gasteiger charge is 2.28. The average molecular weight is 478 g/mol. The van der Waals surface area contributed by atoms with Crippen LogP contribution in [-0.4, -0.2) is 41.9 Å². The third-order valence-electron chi connectivity index (χ3n) is 5.73. The van der Waals surface area contributed by atoms with Crippen LogP contribution >= 0.6 is 0 Å². The van der Waals surface area contributed by atoms with E-state index in [9.17, 15) is 18.4 Å². The molecule has 0 bridgehead atoms. The molecule has 4 rings (SSSR count). The minimum atomic E-state index is -0.473. The largest absolute Gasteiger partial charge is 0.497 e. The zero-order chi connectivity index (χ0) is 24.8. The van der Waals surface area contributed by atoms with Gasteiger partial charge in [-0.3, -0.25) is 4.79 Å². The summed E-state index contributed by atoms with van der Waals surface area (Å²) >= 11 is 0. The molecule has 6 nitrogen and oxygen atoms in total. The zero-order valence-corrected chi connectivity index (χ0v) is 19.2. The molecule has 0 saturated heterocycles. The Morgan fingerprint density at radius 3 is 2.23 bits per heavy atom. The SMILES string of the molecule is COc1ccc(C2/C=C\CN(C(=O)Nc3ccc(F)cc3)CC(=O)N2Cc2ccc(F)cc2)cc1. The van der Waals surface area contributed by atoms with E-state index in [1.807, 2.05) is 36.4 Å². The van der Waals surface area contributed by atoms with Gasteiger partial charge < -0.3 is 19.9 Å². The van der Waals surface area contributed by atoms with Gasteiger partial charge in [0.15, 0.2) is 0 Å². The number of carbonyl (C=O) groups excluding carboxylic acids is 2. The molecule has 1 atom stereocenters. The number of benzene rings is 3. The maximum absolute atomic E-state index is 13.5. The fourth-order valence-electron chi connectivity index (χ4n) is 3.85. The lowest BCUT2D eigenvalue weighted by Crippen LogP contribution is -2.46. The topological polar surface area (TPSA) is 61.9 Å². The number of nitrogens with zero attached hydrogens (tertiary/aromatic N) is 2. The normalized spacial score (nSPS) is 16.9. The molecule has 0 aliphatic carbocycles. The van der Waals surface area contributed by atoms with Crippen LogP contribution < -0.4 is 10.1 Å². The quantitative estimate of drug-likeness (QED) is 0.517. The molecule has 1 heterocycles. The molecule has 35 heavy (non-hydrogen) atoms. The van der Waals surface area contributed by atoms with Gasteiger partial charge in [0, 0.05) is 18.8 Å². The molecule has 0 radical (unpaired) electrons. The number of rotatable bonds is 5. The number of hydrogen-bond donors (Lipinski definition) is 1. The Morgan fingerprint density at radius 1 is 0.971 bits per heavy atom. The molecule has 1 aliphatic rings. The predicted molar refractivity (Wildman–Crippen MR) is 129 cm³/mol. The first-order valence-corrected chi connectivity index (χ1v) is 11.1. The Bertz CT molecular complexity index is 1200. The molecule has 1 N–H and O–H groups in total. The summed E-state index contributed by atoms with van der Waals surface area (Å²) in [6.07, 6.45) is 3.71. The van der Waals surface area contributed by atoms with E-state index in [4.69, 9.17) is 4.74 Å². The van der Waals surface area contributed by atoms with Gasteiger partial charge in [0.25, 0.3) is 0 Å². The second-order valence-electron chi connectivity index (χ2n) is 8.11. The van der Waals surface area contributed by atoms with Crippen molar-refractivity contribution in [2.75, 3.05) is 25.5 Å². The van der Waals surface area contributed by atoms with Crippen LogP contribution in [0.3, 0.4) is 0 Å². The summed E-state index contributed by atoms with van der Waals surface area (Å²) in [5.74, 6) is -0.339. The van der Waals surface area contributed by atoms with Gasteiger partial charge in [-0.25, -0.2) is 13.6 Å². The van der Waals surface area contributed by atoms with Crippen molar-refractivity contribution >= 4 is 17.6 Å². The monoisotopic (exact) mass is 477 g/mol. The van der Waals surface area contributed by atoms with E-state index in [0.717, 1.165) is 11.1 Å². The van der Waals surface area contributed by atoms with Crippen molar-refractivity contribution in [1.82, 2.24) is 9.80 Å². The van der Waals surface area contributed by atoms with Gasteiger partial charge in [0.2, 0.25) is 5.91 Å². The van der Waals surface area contributed by atoms with Gasteiger partial charge in [-0.05, 0) is 59.7 Å². The van der Waals surface area contributed by atoms with E-state index in [1.165, 1.54) is 41.3 Å². The van der Waals surface area contributed by atoms with Crippen LogP contribution in [0.5, 0.6) is 5.75 Å². The van der Waals surface area contributed by atoms with Crippen molar-refractivity contribution in [3.63, 3.8) is 0 Å². The highest BCUT2D eigenvalue weighted by atomic mass is 19.1. The van der Waals surface area contributed by atoms with Crippen molar-refractivity contribution < 1.29 is 23.1 Å². The minimum Gasteiger partial charge on any atom is -0.497 e. The van der Waals surface area contributed by atoms with Gasteiger partial charge >= 0.3 is 6.03 Å². The van der Waals surface area contributed by atoms with E-state index >= 15 is 0 Å². The summed E-state index contributed by atoms with van der Waals surface area (Å²) in [5.41, 5.74) is 2.06. The zero-order valence-electron chi connectivity index (χ0n) is 19.2. The number of anilines is 1. The fraction of sp³-hybridized carbons (Fsp3) is 0.185. The second-order valence-corrected chi connectivity index (χ2v) is 8.11. The van der Waals surface area contributed by atoms with Crippen molar-refractivity contribution in [2.45, 2.75) is 12.6 Å². The Morgan fingerprint density at radius 2 is 1.60 bits per heavy atom. The molecule has 8 heteroatoms. The van der Waals surface area contributed by atoms with Crippen molar-refractivity contribution in [1.29, 1.82) is 0 Å². The molecule has 3 aromatic rings. The number of methoxy groups -OCH3 is 1. The van der Waals surface area contributed by atoms with Crippen LogP contribution in [0.2, 0.25) is 0 Å². The summed E-state index contributed by atoms with van der Waals surface area (Å²) in [5, 5.41) is 2.69. The molecule has 0 spiro atoms. The fourth-order valence-corrected chi connectivity index (χ4v) is 3.85. The van der Waals surface area contributed by atoms with Gasteiger partial charge in [0.05, 0.1) is 13.2 Å². The van der Waals surface area contributed by atoms with Crippen molar-refractivity contribution in [3.05, 3.63) is 108 Å². The van der Waals surface area contributed by atoms with Gasteiger partial charge in [-0.15, -0.1) is 0 Å². The first-order valence-electron chi connectivity index (χ1n) is 11.1. The maximum Gasteiger partial charge on any atom is 0.322 e. The van der Waals surface area contributed by atoms with Gasteiger partial charge in [-0.1, -0.05) is 36.4 Å². The van der Waals surface area contributed by atoms with Crippen LogP contribution in [0, 0.1) is 11.6 Å². The summed E-state index contributed by atoms with van der Waals surface area (Å²) < 4.78 is 31.9. The first kappa shape index (κ1) is 23.9. The minimum absolute atomic E-state index is 0.161. The number of hydrogen-bond acceptors (Lipinski definition) is 3. The van der Waals surface area contributed by atoms with E-state index in [2.05, 4.69) is 5.32 Å². The molecule has 180 valence electrons. The Balaban J connectivity index is 1.60. The molecule has 0 aromatic heterocycles. The predicted octanol–water partition coefficient (Wildman–Crippen LogP) is 5.15. The summed E-state index contributed by atoms with van der Waals surface area (Å²) in [6.45, 7) is 0.286.